The van der Waals surface area contributed by atoms with Crippen LogP contribution in [0.15, 0.2) is 24.3 Å². The molecule has 0 saturated heterocycles. The maximum Gasteiger partial charge on any atom is 0.328 e. The molecule has 1 amide bonds. The number of esters is 1. The van der Waals surface area contributed by atoms with Crippen molar-refractivity contribution in [3.05, 3.63) is 30.0 Å². The van der Waals surface area contributed by atoms with Crippen LogP contribution in [0.2, 0.25) is 0 Å². The fraction of sp³-hybridized carbons (Fsp3) is 0.524. The van der Waals surface area contributed by atoms with E-state index in [1.807, 2.05) is 35.9 Å². The Morgan fingerprint density at radius 1 is 1.19 bits per heavy atom. The van der Waals surface area contributed by atoms with E-state index in [4.69, 9.17) is 9.47 Å². The Morgan fingerprint density at radius 3 is 2.63 bits per heavy atom. The molecule has 0 aliphatic heterocycles. The summed E-state index contributed by atoms with van der Waals surface area (Å²) >= 11 is 0. The van der Waals surface area contributed by atoms with Crippen LogP contribution < -0.4 is 10.1 Å². The number of rotatable bonds is 5. The van der Waals surface area contributed by atoms with Crippen LogP contribution in [0.1, 0.15) is 36.2 Å². The van der Waals surface area contributed by atoms with Crippen molar-refractivity contribution in [2.45, 2.75) is 31.7 Å². The summed E-state index contributed by atoms with van der Waals surface area (Å²) in [5.74, 6) is 1.53. The van der Waals surface area contributed by atoms with Crippen LogP contribution in [0.25, 0.3) is 10.9 Å². The van der Waals surface area contributed by atoms with Gasteiger partial charge in [-0.25, -0.2) is 4.79 Å². The first-order chi connectivity index (χ1) is 13.0. The van der Waals surface area contributed by atoms with Gasteiger partial charge in [0.1, 0.15) is 17.5 Å². The number of amides is 1. The lowest BCUT2D eigenvalue weighted by atomic mass is 9.83. The van der Waals surface area contributed by atoms with Gasteiger partial charge < -0.3 is 19.4 Å². The molecule has 2 saturated carbocycles. The minimum absolute atomic E-state index is 0.176. The number of methoxy groups -OCH3 is 2. The standard InChI is InChI=1S/C21H26N2O4/c1-23-17-11-15(26-2)7-6-14(17)10-18(23)20(24)22-19(21(25)27-3)16-9-12-4-5-13(16)8-12/h6-7,10-13,16,19H,4-5,8-9H2,1-3H3,(H,22,24). The van der Waals surface area contributed by atoms with Crippen LogP contribution in [0, 0.1) is 17.8 Å². The fourth-order valence-electron chi connectivity index (χ4n) is 5.04. The van der Waals surface area contributed by atoms with E-state index in [1.165, 1.54) is 20.0 Å². The summed E-state index contributed by atoms with van der Waals surface area (Å²) in [5, 5.41) is 3.93. The summed E-state index contributed by atoms with van der Waals surface area (Å²) in [4.78, 5) is 25.4. The van der Waals surface area contributed by atoms with Crippen molar-refractivity contribution in [3.63, 3.8) is 0 Å². The van der Waals surface area contributed by atoms with E-state index in [-0.39, 0.29) is 17.8 Å². The van der Waals surface area contributed by atoms with Crippen LogP contribution >= 0.6 is 0 Å². The van der Waals surface area contributed by atoms with Gasteiger partial charge in [0.05, 0.1) is 19.7 Å². The van der Waals surface area contributed by atoms with Crippen molar-refractivity contribution < 1.29 is 19.1 Å². The van der Waals surface area contributed by atoms with Gasteiger partial charge in [-0.15, -0.1) is 0 Å². The lowest BCUT2D eigenvalue weighted by Gasteiger charge is -2.29. The molecule has 2 aliphatic rings. The predicted octanol–water partition coefficient (Wildman–Crippen LogP) is 2.89. The van der Waals surface area contributed by atoms with Gasteiger partial charge in [0.25, 0.3) is 5.91 Å². The number of nitrogens with one attached hydrogen (secondary N) is 1. The molecule has 0 radical (unpaired) electrons. The molecular weight excluding hydrogens is 344 g/mol. The zero-order chi connectivity index (χ0) is 19.1. The number of benzene rings is 1. The second-order valence-electron chi connectivity index (χ2n) is 7.83. The number of ether oxygens (including phenoxy) is 2. The molecule has 2 aliphatic carbocycles. The number of hydrogen-bond acceptors (Lipinski definition) is 4. The molecule has 0 spiro atoms. The average molecular weight is 370 g/mol. The third-order valence-electron chi connectivity index (χ3n) is 6.45. The quantitative estimate of drug-likeness (QED) is 0.822. The van der Waals surface area contributed by atoms with E-state index in [9.17, 15) is 9.59 Å². The highest BCUT2D eigenvalue weighted by atomic mass is 16.5. The number of hydrogen-bond donors (Lipinski definition) is 1. The third kappa shape index (κ3) is 3.07. The largest absolute Gasteiger partial charge is 0.497 e. The van der Waals surface area contributed by atoms with Gasteiger partial charge in [-0.1, -0.05) is 6.42 Å². The van der Waals surface area contributed by atoms with E-state index in [0.717, 1.165) is 29.5 Å². The van der Waals surface area contributed by atoms with Gasteiger partial charge in [0, 0.05) is 18.5 Å². The molecule has 1 aromatic carbocycles. The Morgan fingerprint density at radius 2 is 2.00 bits per heavy atom. The fourth-order valence-corrected chi connectivity index (χ4v) is 5.04. The highest BCUT2D eigenvalue weighted by molar-refractivity contribution is 6.00. The Labute approximate surface area is 158 Å². The minimum atomic E-state index is -0.578. The lowest BCUT2D eigenvalue weighted by Crippen LogP contribution is -2.48. The number of aromatic nitrogens is 1. The van der Waals surface area contributed by atoms with E-state index in [0.29, 0.717) is 17.5 Å². The maximum absolute atomic E-state index is 13.0. The molecule has 144 valence electrons. The second-order valence-corrected chi connectivity index (χ2v) is 7.83. The first kappa shape index (κ1) is 17.9. The smallest absolute Gasteiger partial charge is 0.328 e. The summed E-state index contributed by atoms with van der Waals surface area (Å²) in [6.45, 7) is 0. The number of aryl methyl sites for hydroxylation is 1. The molecule has 27 heavy (non-hydrogen) atoms. The summed E-state index contributed by atoms with van der Waals surface area (Å²) in [5.41, 5.74) is 1.43. The Hall–Kier alpha value is -2.50. The zero-order valence-corrected chi connectivity index (χ0v) is 16.0. The van der Waals surface area contributed by atoms with E-state index < -0.39 is 6.04 Å². The number of nitrogens with zero attached hydrogens (tertiary/aromatic N) is 1. The second kappa shape index (κ2) is 6.91. The summed E-state index contributed by atoms with van der Waals surface area (Å²) in [6.07, 6.45) is 4.56. The first-order valence-corrected chi connectivity index (χ1v) is 9.54. The van der Waals surface area contributed by atoms with Crippen LogP contribution in [0.5, 0.6) is 5.75 Å². The molecule has 2 fully saturated rings. The summed E-state index contributed by atoms with van der Waals surface area (Å²) in [6, 6.07) is 6.97. The topological polar surface area (TPSA) is 69.6 Å². The molecule has 4 unspecified atom stereocenters. The van der Waals surface area contributed by atoms with Crippen LogP contribution in [0.3, 0.4) is 0 Å². The molecule has 6 nitrogen and oxygen atoms in total. The number of carbonyl (C=O) groups is 2. The average Bonchev–Trinajstić information content (AvgIpc) is 3.39. The molecule has 6 heteroatoms. The van der Waals surface area contributed by atoms with E-state index in [1.54, 1.807) is 7.11 Å². The van der Waals surface area contributed by atoms with Crippen LogP contribution in [-0.2, 0) is 16.6 Å². The predicted molar refractivity (Wildman–Crippen MR) is 102 cm³/mol. The highest BCUT2D eigenvalue weighted by Crippen LogP contribution is 2.49. The summed E-state index contributed by atoms with van der Waals surface area (Å²) < 4.78 is 12.1. The molecule has 1 aromatic heterocycles. The highest BCUT2D eigenvalue weighted by Gasteiger charge is 2.46. The van der Waals surface area contributed by atoms with E-state index in [2.05, 4.69) is 5.32 Å². The molecule has 2 bridgehead atoms. The Balaban J connectivity index is 1.60. The SMILES string of the molecule is COC(=O)C(NC(=O)c1cc2ccc(OC)cc2n1C)C1CC2CCC1C2. The van der Waals surface area contributed by atoms with Crippen molar-refractivity contribution in [1.29, 1.82) is 0 Å². The minimum Gasteiger partial charge on any atom is -0.497 e. The monoisotopic (exact) mass is 370 g/mol. The maximum atomic E-state index is 13.0. The van der Waals surface area contributed by atoms with Gasteiger partial charge in [-0.05, 0) is 55.2 Å². The molecule has 4 rings (SSSR count). The molecule has 4 atom stereocenters. The lowest BCUT2D eigenvalue weighted by molar-refractivity contribution is -0.145. The van der Waals surface area contributed by atoms with E-state index >= 15 is 0 Å². The number of fused-ring (bicyclic) bond motifs is 3. The molecule has 1 heterocycles. The van der Waals surface area contributed by atoms with Crippen molar-refractivity contribution in [2.75, 3.05) is 14.2 Å². The van der Waals surface area contributed by atoms with Crippen molar-refractivity contribution in [2.24, 2.45) is 24.8 Å². The van der Waals surface area contributed by atoms with Crippen molar-refractivity contribution in [3.8, 4) is 5.75 Å². The molecule has 2 aromatic rings. The van der Waals surface area contributed by atoms with Gasteiger partial charge >= 0.3 is 5.97 Å². The summed E-state index contributed by atoms with van der Waals surface area (Å²) in [7, 11) is 4.85. The van der Waals surface area contributed by atoms with Gasteiger partial charge in [-0.2, -0.15) is 0 Å². The third-order valence-corrected chi connectivity index (χ3v) is 6.45. The van der Waals surface area contributed by atoms with Crippen molar-refractivity contribution in [1.82, 2.24) is 9.88 Å². The van der Waals surface area contributed by atoms with Crippen molar-refractivity contribution >= 4 is 22.8 Å². The Kier molecular flexibility index (Phi) is 4.58. The van der Waals surface area contributed by atoms with Crippen LogP contribution in [-0.4, -0.2) is 36.7 Å². The molecule has 1 N–H and O–H groups in total. The van der Waals surface area contributed by atoms with Crippen LogP contribution in [0.4, 0.5) is 0 Å². The Bertz CT molecular complexity index is 888. The number of carbonyl (C=O) groups excluding carboxylic acids is 2. The van der Waals surface area contributed by atoms with Gasteiger partial charge in [-0.3, -0.25) is 4.79 Å². The van der Waals surface area contributed by atoms with Gasteiger partial charge in [0.2, 0.25) is 0 Å². The normalized spacial score (nSPS) is 24.8. The van der Waals surface area contributed by atoms with Gasteiger partial charge in [0.15, 0.2) is 0 Å². The first-order valence-electron chi connectivity index (χ1n) is 9.54. The molecular formula is C21H26N2O4. The zero-order valence-electron chi connectivity index (χ0n) is 16.0.